The summed E-state index contributed by atoms with van der Waals surface area (Å²) in [6.07, 6.45) is 6.90. The molecule has 3 rings (SSSR count). The molecule has 7 heteroatoms. The number of aliphatic hydroxyl groups is 2. The Hall–Kier alpha value is -2.90. The van der Waals surface area contributed by atoms with E-state index < -0.39 is 17.9 Å². The second-order valence-corrected chi connectivity index (χ2v) is 7.96. The molecule has 164 valence electrons. The molecular weight excluding hydrogens is 397 g/mol. The summed E-state index contributed by atoms with van der Waals surface area (Å²) >= 11 is 0. The quantitative estimate of drug-likeness (QED) is 0.433. The number of amides is 1. The fourth-order valence-electron chi connectivity index (χ4n) is 3.45. The van der Waals surface area contributed by atoms with Crippen LogP contribution < -0.4 is 5.32 Å². The molecule has 6 nitrogen and oxygen atoms in total. The molecule has 1 aliphatic rings. The standard InChI is InChI=1S/C24H28FN3O3/c1-5-7-24(30,31)15(4)8-14(3)18(6-2)21-9-16-13-27-22(10-17(16)12-26-21)28-23(29)19-11-20(19)25/h6,8-10,12-13,19-20,30-31H,4-5,7,11H2,1-3H3,(H,27,28,29)/b14-8-,18-6+. The zero-order valence-electron chi connectivity index (χ0n) is 18.0. The molecule has 2 aromatic rings. The van der Waals surface area contributed by atoms with Crippen molar-refractivity contribution in [1.29, 1.82) is 0 Å². The smallest absolute Gasteiger partial charge is 0.231 e. The van der Waals surface area contributed by atoms with Crippen LogP contribution in [0, 0.1) is 5.92 Å². The van der Waals surface area contributed by atoms with Crippen LogP contribution in [0.15, 0.2) is 54.4 Å². The number of nitrogens with zero attached hydrogens (tertiary/aromatic N) is 2. The third kappa shape index (κ3) is 5.24. The molecule has 0 bridgehead atoms. The van der Waals surface area contributed by atoms with Crippen LogP contribution in [0.1, 0.15) is 45.7 Å². The van der Waals surface area contributed by atoms with Crippen LogP contribution in [0.3, 0.4) is 0 Å². The largest absolute Gasteiger partial charge is 0.362 e. The topological polar surface area (TPSA) is 95.3 Å². The van der Waals surface area contributed by atoms with Crippen molar-refractivity contribution in [1.82, 2.24) is 9.97 Å². The number of halogens is 1. The molecule has 0 aromatic carbocycles. The van der Waals surface area contributed by atoms with E-state index in [9.17, 15) is 19.4 Å². The van der Waals surface area contributed by atoms with E-state index in [4.69, 9.17) is 0 Å². The number of carbonyl (C=O) groups is 1. The van der Waals surface area contributed by atoms with Gasteiger partial charge in [0, 0.05) is 35.2 Å². The number of nitrogens with one attached hydrogen (secondary N) is 1. The van der Waals surface area contributed by atoms with E-state index in [1.54, 1.807) is 24.5 Å². The van der Waals surface area contributed by atoms with Gasteiger partial charge in [-0.15, -0.1) is 0 Å². The number of carbonyl (C=O) groups excluding carboxylic acids is 1. The summed E-state index contributed by atoms with van der Waals surface area (Å²) in [4.78, 5) is 20.7. The molecule has 2 heterocycles. The summed E-state index contributed by atoms with van der Waals surface area (Å²) in [5.41, 5.74) is 2.55. The molecule has 0 saturated heterocycles. The fraction of sp³-hybridized carbons (Fsp3) is 0.375. The fourth-order valence-corrected chi connectivity index (χ4v) is 3.45. The van der Waals surface area contributed by atoms with Crippen LogP contribution in [0.2, 0.25) is 0 Å². The molecule has 31 heavy (non-hydrogen) atoms. The lowest BCUT2D eigenvalue weighted by molar-refractivity contribution is -0.130. The van der Waals surface area contributed by atoms with Crippen molar-refractivity contribution in [2.24, 2.45) is 5.92 Å². The molecule has 1 fully saturated rings. The molecule has 0 spiro atoms. The van der Waals surface area contributed by atoms with E-state index >= 15 is 0 Å². The van der Waals surface area contributed by atoms with E-state index in [2.05, 4.69) is 21.9 Å². The monoisotopic (exact) mass is 425 g/mol. The SMILES string of the molecule is C=C(/C=C(C)\C(=C/C)c1cc2cnc(NC(=O)C3CC3F)cc2cn1)C(O)(O)CCC. The number of fused-ring (bicyclic) bond motifs is 1. The van der Waals surface area contributed by atoms with E-state index in [1.165, 1.54) is 0 Å². The van der Waals surface area contributed by atoms with Crippen LogP contribution in [0.25, 0.3) is 16.3 Å². The van der Waals surface area contributed by atoms with Gasteiger partial charge >= 0.3 is 0 Å². The van der Waals surface area contributed by atoms with Gasteiger partial charge in [0.2, 0.25) is 5.91 Å². The Labute approximate surface area is 181 Å². The van der Waals surface area contributed by atoms with Crippen molar-refractivity contribution in [2.45, 2.75) is 52.0 Å². The van der Waals surface area contributed by atoms with Crippen molar-refractivity contribution in [3.05, 3.63) is 60.1 Å². The Morgan fingerprint density at radius 3 is 2.58 bits per heavy atom. The van der Waals surface area contributed by atoms with Gasteiger partial charge in [-0.25, -0.2) is 9.37 Å². The zero-order valence-corrected chi connectivity index (χ0v) is 18.0. The van der Waals surface area contributed by atoms with Crippen LogP contribution in [-0.4, -0.2) is 38.0 Å². The maximum atomic E-state index is 13.0. The van der Waals surface area contributed by atoms with Crippen LogP contribution in [0.4, 0.5) is 10.2 Å². The summed E-state index contributed by atoms with van der Waals surface area (Å²) in [6.45, 7) is 9.42. The number of pyridine rings is 2. The third-order valence-electron chi connectivity index (χ3n) is 5.40. The van der Waals surface area contributed by atoms with Crippen molar-refractivity contribution in [2.75, 3.05) is 5.32 Å². The maximum absolute atomic E-state index is 13.0. The minimum absolute atomic E-state index is 0.201. The number of alkyl halides is 1. The molecule has 2 atom stereocenters. The Balaban J connectivity index is 1.82. The van der Waals surface area contributed by atoms with Crippen LogP contribution in [0.5, 0.6) is 0 Å². The summed E-state index contributed by atoms with van der Waals surface area (Å²) < 4.78 is 13.0. The lowest BCUT2D eigenvalue weighted by atomic mass is 9.96. The number of hydrogen-bond donors (Lipinski definition) is 3. The lowest BCUT2D eigenvalue weighted by Gasteiger charge is -2.22. The van der Waals surface area contributed by atoms with Gasteiger partial charge in [0.25, 0.3) is 0 Å². The first-order valence-electron chi connectivity index (χ1n) is 10.4. The molecule has 2 aromatic heterocycles. The number of hydrogen-bond acceptors (Lipinski definition) is 5. The van der Waals surface area contributed by atoms with Crippen molar-refractivity contribution in [3.63, 3.8) is 0 Å². The van der Waals surface area contributed by atoms with Gasteiger partial charge in [0.15, 0.2) is 5.79 Å². The highest BCUT2D eigenvalue weighted by molar-refractivity contribution is 5.96. The third-order valence-corrected chi connectivity index (χ3v) is 5.40. The summed E-state index contributed by atoms with van der Waals surface area (Å²) in [5, 5.41) is 24.6. The molecular formula is C24H28FN3O3. The van der Waals surface area contributed by atoms with Crippen molar-refractivity contribution >= 4 is 28.1 Å². The predicted octanol–water partition coefficient (Wildman–Crippen LogP) is 4.31. The molecule has 1 aliphatic carbocycles. The van der Waals surface area contributed by atoms with Crippen molar-refractivity contribution in [3.8, 4) is 0 Å². The molecule has 1 saturated carbocycles. The minimum Gasteiger partial charge on any atom is -0.362 e. The molecule has 0 aliphatic heterocycles. The first-order valence-corrected chi connectivity index (χ1v) is 10.4. The number of allylic oxidation sites excluding steroid dienone is 3. The number of anilines is 1. The molecule has 1 amide bonds. The van der Waals surface area contributed by atoms with E-state index in [1.807, 2.05) is 32.9 Å². The number of rotatable bonds is 8. The highest BCUT2D eigenvalue weighted by Crippen LogP contribution is 2.35. The van der Waals surface area contributed by atoms with E-state index in [0.29, 0.717) is 17.9 Å². The Morgan fingerprint density at radius 2 is 1.97 bits per heavy atom. The van der Waals surface area contributed by atoms with Gasteiger partial charge in [0.05, 0.1) is 11.6 Å². The van der Waals surface area contributed by atoms with Gasteiger partial charge in [-0.2, -0.15) is 0 Å². The normalized spacial score (nSPS) is 19.4. The second-order valence-electron chi connectivity index (χ2n) is 7.96. The maximum Gasteiger partial charge on any atom is 0.231 e. The summed E-state index contributed by atoms with van der Waals surface area (Å²) in [7, 11) is 0. The van der Waals surface area contributed by atoms with Crippen LogP contribution >= 0.6 is 0 Å². The first kappa shape index (κ1) is 22.8. The van der Waals surface area contributed by atoms with Gasteiger partial charge in [-0.05, 0) is 43.5 Å². The molecule has 0 radical (unpaired) electrons. The van der Waals surface area contributed by atoms with E-state index in [-0.39, 0.29) is 24.3 Å². The van der Waals surface area contributed by atoms with E-state index in [0.717, 1.165) is 21.9 Å². The van der Waals surface area contributed by atoms with Crippen LogP contribution in [-0.2, 0) is 4.79 Å². The minimum atomic E-state index is -1.95. The Bertz CT molecular complexity index is 1070. The Kier molecular flexibility index (Phi) is 6.67. The average Bonchev–Trinajstić information content (AvgIpc) is 3.45. The summed E-state index contributed by atoms with van der Waals surface area (Å²) in [5.74, 6) is -2.51. The second kappa shape index (κ2) is 9.08. The number of aromatic nitrogens is 2. The first-order chi connectivity index (χ1) is 14.7. The van der Waals surface area contributed by atoms with Gasteiger partial charge in [0.1, 0.15) is 12.0 Å². The summed E-state index contributed by atoms with van der Waals surface area (Å²) in [6, 6.07) is 3.58. The molecule has 3 N–H and O–H groups in total. The Morgan fingerprint density at radius 1 is 1.32 bits per heavy atom. The lowest BCUT2D eigenvalue weighted by Crippen LogP contribution is -2.29. The predicted molar refractivity (Wildman–Crippen MR) is 120 cm³/mol. The van der Waals surface area contributed by atoms with Gasteiger partial charge < -0.3 is 15.5 Å². The van der Waals surface area contributed by atoms with Gasteiger partial charge in [-0.1, -0.05) is 32.1 Å². The van der Waals surface area contributed by atoms with Crippen molar-refractivity contribution < 1.29 is 19.4 Å². The highest BCUT2D eigenvalue weighted by atomic mass is 19.1. The zero-order chi connectivity index (χ0) is 22.8. The molecule has 2 unspecified atom stereocenters. The highest BCUT2D eigenvalue weighted by Gasteiger charge is 2.43. The average molecular weight is 426 g/mol. The van der Waals surface area contributed by atoms with Gasteiger partial charge in [-0.3, -0.25) is 9.78 Å².